The van der Waals surface area contributed by atoms with Crippen LogP contribution in [0, 0.1) is 17.8 Å². The zero-order valence-electron chi connectivity index (χ0n) is 28.5. The Labute approximate surface area is 293 Å². The highest BCUT2D eigenvalue weighted by Crippen LogP contribution is 2.62. The van der Waals surface area contributed by atoms with Crippen LogP contribution < -0.4 is 0 Å². The van der Waals surface area contributed by atoms with E-state index in [0.717, 1.165) is 5.92 Å². The van der Waals surface area contributed by atoms with Gasteiger partial charge in [-0.05, 0) is 121 Å². The maximum Gasteiger partial charge on any atom is 0.0355 e. The van der Waals surface area contributed by atoms with E-state index in [2.05, 4.69) is 154 Å². The van der Waals surface area contributed by atoms with Gasteiger partial charge in [0, 0.05) is 25.6 Å². The molecule has 0 aliphatic heterocycles. The molecule has 1 spiro atoms. The van der Waals surface area contributed by atoms with Crippen molar-refractivity contribution < 1.29 is 0 Å². The van der Waals surface area contributed by atoms with Crippen molar-refractivity contribution in [1.82, 2.24) is 0 Å². The summed E-state index contributed by atoms with van der Waals surface area (Å²) in [6, 6.07) is 51.1. The number of hydrogen-bond acceptors (Lipinski definition) is 1. The number of rotatable bonds is 3. The molecule has 1 heteroatoms. The van der Waals surface area contributed by atoms with E-state index < -0.39 is 0 Å². The molecular weight excluding hydrogens is 609 g/mol. The topological polar surface area (TPSA) is 0 Å². The van der Waals surface area contributed by atoms with Crippen LogP contribution in [0.25, 0.3) is 75.1 Å². The zero-order chi connectivity index (χ0) is 32.9. The molecule has 2 aliphatic rings. The highest BCUT2D eigenvalue weighted by atomic mass is 32.1. The zero-order valence-corrected chi connectivity index (χ0v) is 29.3. The standard InChI is InChI=1S/C48H40S/c1-4-33-26-29(2)25-30(3)48(33)42-19-11-9-13-34(42)40-27-31(21-23-43(40)48)46-36-15-5-7-17-38(36)47(39-18-8-6-16-37(39)46)32-22-24-45-41(28-32)35-14-10-12-20-44(35)49-45/h5-24,27-30,33H,4,25-26H2,1-3H3. The monoisotopic (exact) mass is 648 g/mol. The molecule has 0 nitrogen and oxygen atoms in total. The summed E-state index contributed by atoms with van der Waals surface area (Å²) in [5, 5.41) is 7.95. The largest absolute Gasteiger partial charge is 0.135 e. The molecule has 0 radical (unpaired) electrons. The van der Waals surface area contributed by atoms with Gasteiger partial charge in [-0.1, -0.05) is 136 Å². The molecule has 4 atom stereocenters. The Morgan fingerprint density at radius 3 is 1.78 bits per heavy atom. The van der Waals surface area contributed by atoms with Crippen LogP contribution in [0.5, 0.6) is 0 Å². The lowest BCUT2D eigenvalue weighted by Gasteiger charge is -2.50. The van der Waals surface area contributed by atoms with Gasteiger partial charge < -0.3 is 0 Å². The van der Waals surface area contributed by atoms with Crippen molar-refractivity contribution in [3.63, 3.8) is 0 Å². The summed E-state index contributed by atoms with van der Waals surface area (Å²) in [5.74, 6) is 2.03. The molecule has 7 aromatic carbocycles. The van der Waals surface area contributed by atoms with E-state index in [9.17, 15) is 0 Å². The molecule has 1 aromatic heterocycles. The lowest BCUT2D eigenvalue weighted by atomic mass is 9.53. The third-order valence-corrected chi connectivity index (χ3v) is 13.5. The van der Waals surface area contributed by atoms with Crippen molar-refractivity contribution in [2.75, 3.05) is 0 Å². The molecular formula is C48H40S. The van der Waals surface area contributed by atoms with E-state index in [-0.39, 0.29) is 5.41 Å². The van der Waals surface area contributed by atoms with Crippen LogP contribution in [0.2, 0.25) is 0 Å². The third-order valence-electron chi connectivity index (χ3n) is 12.4. The second-order valence-electron chi connectivity index (χ2n) is 14.9. The van der Waals surface area contributed by atoms with E-state index in [4.69, 9.17) is 0 Å². The lowest BCUT2D eigenvalue weighted by Crippen LogP contribution is -2.45. The maximum absolute atomic E-state index is 2.55. The van der Waals surface area contributed by atoms with Gasteiger partial charge in [-0.25, -0.2) is 0 Å². The molecule has 0 saturated heterocycles. The second-order valence-corrected chi connectivity index (χ2v) is 16.0. The Kier molecular flexibility index (Phi) is 6.49. The molecule has 2 aliphatic carbocycles. The van der Waals surface area contributed by atoms with Gasteiger partial charge in [-0.15, -0.1) is 11.3 Å². The number of hydrogen-bond donors (Lipinski definition) is 0. The number of benzene rings is 7. The van der Waals surface area contributed by atoms with E-state index >= 15 is 0 Å². The van der Waals surface area contributed by atoms with Crippen LogP contribution in [-0.4, -0.2) is 0 Å². The first-order chi connectivity index (χ1) is 24.1. The minimum absolute atomic E-state index is 0.0875. The Balaban J connectivity index is 1.23. The quantitative estimate of drug-likeness (QED) is 0.167. The van der Waals surface area contributed by atoms with E-state index in [0.29, 0.717) is 11.8 Å². The van der Waals surface area contributed by atoms with Crippen molar-refractivity contribution in [3.05, 3.63) is 145 Å². The molecule has 0 amide bonds. The van der Waals surface area contributed by atoms with E-state index in [1.807, 2.05) is 11.3 Å². The fourth-order valence-corrected chi connectivity index (χ4v) is 11.6. The predicted octanol–water partition coefficient (Wildman–Crippen LogP) is 14.1. The Morgan fingerprint density at radius 1 is 0.531 bits per heavy atom. The average molecular weight is 649 g/mol. The van der Waals surface area contributed by atoms with Crippen molar-refractivity contribution in [3.8, 4) is 33.4 Å². The van der Waals surface area contributed by atoms with Gasteiger partial charge in [-0.3, -0.25) is 0 Å². The van der Waals surface area contributed by atoms with Gasteiger partial charge in [0.2, 0.25) is 0 Å². The number of thiophene rings is 1. The van der Waals surface area contributed by atoms with Crippen LogP contribution in [0.1, 0.15) is 51.2 Å². The lowest BCUT2D eigenvalue weighted by molar-refractivity contribution is 0.114. The average Bonchev–Trinajstić information content (AvgIpc) is 3.65. The highest BCUT2D eigenvalue weighted by molar-refractivity contribution is 7.25. The molecule has 1 saturated carbocycles. The normalized spacial score (nSPS) is 21.6. The second kappa shape index (κ2) is 10.9. The summed E-state index contributed by atoms with van der Waals surface area (Å²) in [4.78, 5) is 0. The molecule has 1 fully saturated rings. The first-order valence-corrected chi connectivity index (χ1v) is 19.0. The summed E-state index contributed by atoms with van der Waals surface area (Å²) in [6.45, 7) is 7.43. The van der Waals surface area contributed by atoms with Gasteiger partial charge in [0.15, 0.2) is 0 Å². The van der Waals surface area contributed by atoms with E-state index in [1.54, 1.807) is 11.1 Å². The molecule has 49 heavy (non-hydrogen) atoms. The van der Waals surface area contributed by atoms with Crippen molar-refractivity contribution in [2.24, 2.45) is 17.8 Å². The number of fused-ring (bicyclic) bond motifs is 10. The van der Waals surface area contributed by atoms with Gasteiger partial charge in [0.05, 0.1) is 0 Å². The van der Waals surface area contributed by atoms with Crippen molar-refractivity contribution in [1.29, 1.82) is 0 Å². The summed E-state index contributed by atoms with van der Waals surface area (Å²) >= 11 is 1.89. The van der Waals surface area contributed by atoms with Crippen LogP contribution >= 0.6 is 11.3 Å². The van der Waals surface area contributed by atoms with Crippen LogP contribution in [0.4, 0.5) is 0 Å². The molecule has 4 unspecified atom stereocenters. The maximum atomic E-state index is 2.55. The van der Waals surface area contributed by atoms with Gasteiger partial charge >= 0.3 is 0 Å². The molecule has 10 rings (SSSR count). The minimum Gasteiger partial charge on any atom is -0.135 e. The predicted molar refractivity (Wildman–Crippen MR) is 213 cm³/mol. The van der Waals surface area contributed by atoms with Crippen molar-refractivity contribution in [2.45, 2.75) is 45.4 Å². The van der Waals surface area contributed by atoms with Gasteiger partial charge in [0.25, 0.3) is 0 Å². The van der Waals surface area contributed by atoms with Crippen LogP contribution in [0.15, 0.2) is 133 Å². The minimum atomic E-state index is 0.0875. The van der Waals surface area contributed by atoms with E-state index in [1.165, 1.54) is 94.4 Å². The highest BCUT2D eigenvalue weighted by Gasteiger charge is 2.53. The molecule has 8 aromatic rings. The molecule has 0 bridgehead atoms. The first-order valence-electron chi connectivity index (χ1n) is 18.2. The fourth-order valence-electron chi connectivity index (χ4n) is 10.6. The summed E-state index contributed by atoms with van der Waals surface area (Å²) in [5.41, 5.74) is 11.4. The SMILES string of the molecule is CCC1CC(C)CC(C)C12c1ccccc1-c1cc(-c3c4ccccc4c(-c4ccc5sc6ccccc6c5c4)c4ccccc34)ccc12. The Hall–Kier alpha value is -4.72. The molecule has 0 N–H and O–H groups in total. The Bertz CT molecular complexity index is 2540. The third kappa shape index (κ3) is 4.03. The first kappa shape index (κ1) is 29.2. The van der Waals surface area contributed by atoms with Gasteiger partial charge in [0.1, 0.15) is 0 Å². The Morgan fingerprint density at radius 2 is 1.08 bits per heavy atom. The molecule has 1 heterocycles. The van der Waals surface area contributed by atoms with Crippen LogP contribution in [0.3, 0.4) is 0 Å². The van der Waals surface area contributed by atoms with Gasteiger partial charge in [-0.2, -0.15) is 0 Å². The molecule has 238 valence electrons. The van der Waals surface area contributed by atoms with Crippen molar-refractivity contribution >= 4 is 53.1 Å². The smallest absolute Gasteiger partial charge is 0.0355 e. The summed E-state index contributed by atoms with van der Waals surface area (Å²) < 4.78 is 2.69. The summed E-state index contributed by atoms with van der Waals surface area (Å²) in [7, 11) is 0. The summed E-state index contributed by atoms with van der Waals surface area (Å²) in [6.07, 6.45) is 3.81. The fraction of sp³-hybridized carbons (Fsp3) is 0.208. The van der Waals surface area contributed by atoms with Crippen LogP contribution in [-0.2, 0) is 5.41 Å².